The highest BCUT2D eigenvalue weighted by Crippen LogP contribution is 2.38. The molecule has 1 aromatic carbocycles. The number of piperidine rings is 1. The molecule has 7 N–H and O–H groups in total. The molecule has 3 unspecified atom stereocenters. The smallest absolute Gasteiger partial charge is 0.245 e. The van der Waals surface area contributed by atoms with Gasteiger partial charge in [0, 0.05) is 13.1 Å². The van der Waals surface area contributed by atoms with Crippen LogP contribution in [0.5, 0.6) is 5.75 Å². The molecule has 12 nitrogen and oxygen atoms in total. The number of hydrogen-bond acceptors (Lipinski definition) is 8. The SMILES string of the molecule is COc1ccc(C2C(C(=O)NC(C(N)=O)[C@@H](C)O)CCCN2C(=O)[C@@H]2CCCN2C(=O)[C@@H](N)[C@@H](C)O)cc1. The van der Waals surface area contributed by atoms with Crippen LogP contribution in [0.2, 0.25) is 0 Å². The van der Waals surface area contributed by atoms with Gasteiger partial charge >= 0.3 is 0 Å². The molecule has 2 fully saturated rings. The van der Waals surface area contributed by atoms with Crippen LogP contribution in [0.3, 0.4) is 0 Å². The van der Waals surface area contributed by atoms with Crippen molar-refractivity contribution in [3.05, 3.63) is 29.8 Å². The Bertz CT molecular complexity index is 1020. The number of aliphatic hydroxyl groups excluding tert-OH is 2. The minimum Gasteiger partial charge on any atom is -0.497 e. The van der Waals surface area contributed by atoms with Gasteiger partial charge in [0.2, 0.25) is 23.6 Å². The van der Waals surface area contributed by atoms with Gasteiger partial charge < -0.3 is 41.5 Å². The quantitative estimate of drug-likeness (QED) is 0.268. The highest BCUT2D eigenvalue weighted by Gasteiger charge is 2.45. The first-order valence-electron chi connectivity index (χ1n) is 12.9. The summed E-state index contributed by atoms with van der Waals surface area (Å²) in [6.45, 7) is 3.48. The van der Waals surface area contributed by atoms with Crippen molar-refractivity contribution in [1.82, 2.24) is 15.1 Å². The van der Waals surface area contributed by atoms with E-state index in [1.54, 1.807) is 29.2 Å². The highest BCUT2D eigenvalue weighted by molar-refractivity contribution is 5.92. The van der Waals surface area contributed by atoms with Crippen molar-refractivity contribution in [2.75, 3.05) is 20.2 Å². The lowest BCUT2D eigenvalue weighted by atomic mass is 9.83. The van der Waals surface area contributed by atoms with Gasteiger partial charge in [-0.3, -0.25) is 19.2 Å². The first-order chi connectivity index (χ1) is 18.0. The van der Waals surface area contributed by atoms with Gasteiger partial charge in [0.25, 0.3) is 0 Å². The van der Waals surface area contributed by atoms with Crippen LogP contribution in [-0.4, -0.2) is 94.2 Å². The van der Waals surface area contributed by atoms with Crippen molar-refractivity contribution in [2.24, 2.45) is 17.4 Å². The topological polar surface area (TPSA) is 189 Å². The number of rotatable bonds is 9. The summed E-state index contributed by atoms with van der Waals surface area (Å²) in [5.41, 5.74) is 12.0. The Hall–Kier alpha value is -3.22. The number of methoxy groups -OCH3 is 1. The fourth-order valence-electron chi connectivity index (χ4n) is 5.30. The molecule has 7 atom stereocenters. The van der Waals surface area contributed by atoms with E-state index in [1.165, 1.54) is 25.9 Å². The maximum absolute atomic E-state index is 14.0. The van der Waals surface area contributed by atoms with E-state index in [1.807, 2.05) is 0 Å². The molecule has 38 heavy (non-hydrogen) atoms. The Morgan fingerprint density at radius 3 is 2.16 bits per heavy atom. The molecule has 2 aliphatic heterocycles. The molecule has 12 heteroatoms. The number of primary amides is 1. The lowest BCUT2D eigenvalue weighted by Gasteiger charge is -2.43. The second-order valence-corrected chi connectivity index (χ2v) is 10.1. The summed E-state index contributed by atoms with van der Waals surface area (Å²) < 4.78 is 5.26. The first kappa shape index (κ1) is 29.3. The van der Waals surface area contributed by atoms with E-state index in [9.17, 15) is 29.4 Å². The molecule has 2 heterocycles. The number of carbonyl (C=O) groups excluding carboxylic acids is 4. The number of carbonyl (C=O) groups is 4. The van der Waals surface area contributed by atoms with Crippen molar-refractivity contribution >= 4 is 23.6 Å². The van der Waals surface area contributed by atoms with Gasteiger partial charge in [-0.15, -0.1) is 0 Å². The van der Waals surface area contributed by atoms with Gasteiger partial charge in [0.05, 0.1) is 31.3 Å². The van der Waals surface area contributed by atoms with Gasteiger partial charge in [0.15, 0.2) is 0 Å². The second-order valence-electron chi connectivity index (χ2n) is 10.1. The van der Waals surface area contributed by atoms with Crippen LogP contribution in [-0.2, 0) is 19.2 Å². The average Bonchev–Trinajstić information content (AvgIpc) is 3.39. The summed E-state index contributed by atoms with van der Waals surface area (Å²) >= 11 is 0. The molecule has 3 rings (SSSR count). The molecule has 0 radical (unpaired) electrons. The highest BCUT2D eigenvalue weighted by atomic mass is 16.5. The third-order valence-electron chi connectivity index (χ3n) is 7.42. The summed E-state index contributed by atoms with van der Waals surface area (Å²) in [4.78, 5) is 55.2. The number of likely N-dealkylation sites (tertiary alicyclic amines) is 2. The fraction of sp³-hybridized carbons (Fsp3) is 0.615. The number of nitrogens with one attached hydrogen (secondary N) is 1. The third kappa shape index (κ3) is 6.25. The number of ether oxygens (including phenoxy) is 1. The van der Waals surface area contributed by atoms with Gasteiger partial charge in [-0.25, -0.2) is 0 Å². The van der Waals surface area contributed by atoms with Crippen LogP contribution in [0, 0.1) is 5.92 Å². The minimum absolute atomic E-state index is 0.311. The van der Waals surface area contributed by atoms with Crippen molar-refractivity contribution in [1.29, 1.82) is 0 Å². The summed E-state index contributed by atoms with van der Waals surface area (Å²) in [7, 11) is 1.53. The van der Waals surface area contributed by atoms with E-state index >= 15 is 0 Å². The molecule has 0 aromatic heterocycles. The summed E-state index contributed by atoms with van der Waals surface area (Å²) in [6.07, 6.45) is -0.285. The molecule has 210 valence electrons. The van der Waals surface area contributed by atoms with Crippen LogP contribution in [0.25, 0.3) is 0 Å². The van der Waals surface area contributed by atoms with E-state index in [0.717, 1.165) is 0 Å². The minimum atomic E-state index is -1.28. The number of amides is 4. The number of nitrogens with two attached hydrogens (primary N) is 2. The lowest BCUT2D eigenvalue weighted by molar-refractivity contribution is -0.151. The largest absolute Gasteiger partial charge is 0.497 e. The predicted molar refractivity (Wildman–Crippen MR) is 137 cm³/mol. The zero-order chi connectivity index (χ0) is 28.1. The summed E-state index contributed by atoms with van der Waals surface area (Å²) in [5, 5.41) is 22.3. The molecule has 4 amide bonds. The summed E-state index contributed by atoms with van der Waals surface area (Å²) in [6, 6.07) is 3.11. The van der Waals surface area contributed by atoms with E-state index < -0.39 is 60.0 Å². The van der Waals surface area contributed by atoms with Gasteiger partial charge in [-0.2, -0.15) is 0 Å². The average molecular weight is 534 g/mol. The number of benzene rings is 1. The number of aliphatic hydroxyl groups is 2. The molecule has 0 bridgehead atoms. The van der Waals surface area contributed by atoms with E-state index in [2.05, 4.69) is 5.32 Å². The summed E-state index contributed by atoms with van der Waals surface area (Å²) in [5.74, 6) is -2.33. The Morgan fingerprint density at radius 2 is 1.61 bits per heavy atom. The molecule has 0 spiro atoms. The third-order valence-corrected chi connectivity index (χ3v) is 7.42. The van der Waals surface area contributed by atoms with E-state index in [-0.39, 0.29) is 5.91 Å². The monoisotopic (exact) mass is 533 g/mol. The van der Waals surface area contributed by atoms with E-state index in [4.69, 9.17) is 16.2 Å². The van der Waals surface area contributed by atoms with Crippen LogP contribution in [0.15, 0.2) is 24.3 Å². The van der Waals surface area contributed by atoms with Crippen molar-refractivity contribution in [2.45, 2.75) is 75.9 Å². The van der Waals surface area contributed by atoms with Crippen LogP contribution in [0.1, 0.15) is 51.1 Å². The van der Waals surface area contributed by atoms with Crippen LogP contribution >= 0.6 is 0 Å². The molecule has 1 aromatic rings. The normalized spacial score (nSPS) is 24.7. The van der Waals surface area contributed by atoms with Crippen molar-refractivity contribution in [3.63, 3.8) is 0 Å². The number of nitrogens with zero attached hydrogens (tertiary/aromatic N) is 2. The lowest BCUT2D eigenvalue weighted by Crippen LogP contribution is -2.58. The Morgan fingerprint density at radius 1 is 1.00 bits per heavy atom. The first-order valence-corrected chi connectivity index (χ1v) is 12.9. The van der Waals surface area contributed by atoms with Crippen LogP contribution in [0.4, 0.5) is 0 Å². The van der Waals surface area contributed by atoms with Gasteiger partial charge in [-0.05, 0) is 57.2 Å². The van der Waals surface area contributed by atoms with Crippen LogP contribution < -0.4 is 21.5 Å². The maximum atomic E-state index is 14.0. The zero-order valence-electron chi connectivity index (χ0n) is 22.1. The fourth-order valence-corrected chi connectivity index (χ4v) is 5.30. The van der Waals surface area contributed by atoms with E-state index in [0.29, 0.717) is 50.1 Å². The second kappa shape index (κ2) is 12.5. The molecule has 2 saturated heterocycles. The molecule has 0 aliphatic carbocycles. The Balaban J connectivity index is 1.95. The molecule has 0 saturated carbocycles. The Kier molecular flexibility index (Phi) is 9.69. The maximum Gasteiger partial charge on any atom is 0.245 e. The zero-order valence-corrected chi connectivity index (χ0v) is 22.1. The van der Waals surface area contributed by atoms with Gasteiger partial charge in [0.1, 0.15) is 23.9 Å². The Labute approximate surface area is 222 Å². The van der Waals surface area contributed by atoms with Crippen molar-refractivity contribution in [3.8, 4) is 5.75 Å². The van der Waals surface area contributed by atoms with Crippen molar-refractivity contribution < 1.29 is 34.1 Å². The van der Waals surface area contributed by atoms with Gasteiger partial charge in [-0.1, -0.05) is 12.1 Å². The molecular weight excluding hydrogens is 494 g/mol. The standard InChI is InChI=1S/C26H39N5O7/c1-14(32)20(27)26(37)30-12-5-7-19(30)25(36)31-13-4-6-18(24(35)29-21(15(2)33)23(28)34)22(31)16-8-10-17(38-3)11-9-16/h8-11,14-15,18-22,32-33H,4-7,12-13,27H2,1-3H3,(H2,28,34)(H,29,35)/t14-,15-,18?,19+,20+,21?,22?/m1/s1. The molecule has 2 aliphatic rings. The predicted octanol–water partition coefficient (Wildman–Crippen LogP) is -0.975. The molecular formula is C26H39N5O7. The number of hydrogen-bond donors (Lipinski definition) is 5.